The van der Waals surface area contributed by atoms with Gasteiger partial charge < -0.3 is 4.42 Å². The SMILES string of the molecule is O=C1c2oc3ccc(Br)cc3c(=O)c2C(c2cccc([N+](=O)[O-])c2)N1c1cccc(Br)c1. The Morgan fingerprint density at radius 3 is 2.44 bits per heavy atom. The molecule has 5 rings (SSSR count). The van der Waals surface area contributed by atoms with Gasteiger partial charge in [0.25, 0.3) is 11.6 Å². The highest BCUT2D eigenvalue weighted by atomic mass is 79.9. The van der Waals surface area contributed by atoms with Crippen LogP contribution in [0.1, 0.15) is 27.7 Å². The first-order valence-corrected chi connectivity index (χ1v) is 11.0. The lowest BCUT2D eigenvalue weighted by atomic mass is 9.98. The van der Waals surface area contributed by atoms with E-state index in [4.69, 9.17) is 4.42 Å². The normalized spacial score (nSPS) is 15.2. The van der Waals surface area contributed by atoms with Crippen LogP contribution in [-0.4, -0.2) is 10.8 Å². The summed E-state index contributed by atoms with van der Waals surface area (Å²) in [4.78, 5) is 39.4. The van der Waals surface area contributed by atoms with Crippen LogP contribution in [0.25, 0.3) is 11.0 Å². The number of nitrogens with zero attached hydrogens (tertiary/aromatic N) is 2. The van der Waals surface area contributed by atoms with Gasteiger partial charge in [0.05, 0.1) is 21.9 Å². The van der Waals surface area contributed by atoms with Gasteiger partial charge >= 0.3 is 0 Å². The van der Waals surface area contributed by atoms with Crippen molar-refractivity contribution in [1.29, 1.82) is 0 Å². The van der Waals surface area contributed by atoms with Crippen molar-refractivity contribution in [1.82, 2.24) is 0 Å². The van der Waals surface area contributed by atoms with Crippen LogP contribution in [0.5, 0.6) is 0 Å². The van der Waals surface area contributed by atoms with E-state index in [9.17, 15) is 19.7 Å². The summed E-state index contributed by atoms with van der Waals surface area (Å²) in [7, 11) is 0. The highest BCUT2D eigenvalue weighted by Crippen LogP contribution is 2.42. The number of hydrogen-bond acceptors (Lipinski definition) is 5. The number of carbonyl (C=O) groups is 1. The zero-order valence-electron chi connectivity index (χ0n) is 16.1. The number of nitro groups is 1. The molecule has 1 aliphatic heterocycles. The maximum absolute atomic E-state index is 13.6. The minimum absolute atomic E-state index is 0.0682. The largest absolute Gasteiger partial charge is 0.450 e. The predicted octanol–water partition coefficient (Wildman–Crippen LogP) is 5.98. The summed E-state index contributed by atoms with van der Waals surface area (Å²) >= 11 is 6.77. The van der Waals surface area contributed by atoms with Gasteiger partial charge in [-0.05, 0) is 42.0 Å². The maximum atomic E-state index is 13.6. The van der Waals surface area contributed by atoms with E-state index in [1.165, 1.54) is 23.1 Å². The van der Waals surface area contributed by atoms with E-state index < -0.39 is 16.9 Å². The third-order valence-corrected chi connectivity index (χ3v) is 6.30. The van der Waals surface area contributed by atoms with Gasteiger partial charge in [-0.15, -0.1) is 0 Å². The number of hydrogen-bond donors (Lipinski definition) is 0. The van der Waals surface area contributed by atoms with Gasteiger partial charge in [0.1, 0.15) is 5.58 Å². The van der Waals surface area contributed by atoms with Crippen LogP contribution >= 0.6 is 31.9 Å². The minimum atomic E-state index is -0.883. The van der Waals surface area contributed by atoms with Crippen molar-refractivity contribution in [3.63, 3.8) is 0 Å². The van der Waals surface area contributed by atoms with Crippen molar-refractivity contribution in [2.24, 2.45) is 0 Å². The molecule has 4 aromatic rings. The van der Waals surface area contributed by atoms with Crippen molar-refractivity contribution in [3.05, 3.63) is 113 Å². The second kappa shape index (κ2) is 7.68. The molecule has 0 saturated carbocycles. The van der Waals surface area contributed by atoms with Crippen LogP contribution in [-0.2, 0) is 0 Å². The standard InChI is InChI=1S/C23H12Br2N2O5/c24-13-4-2-5-15(10-13)26-20(12-3-1-6-16(9-12)27(30)31)19-21(28)17-11-14(25)7-8-18(17)32-22(19)23(26)29/h1-11,20H. The lowest BCUT2D eigenvalue weighted by Crippen LogP contribution is -2.29. The topological polar surface area (TPSA) is 93.7 Å². The van der Waals surface area contributed by atoms with Crippen LogP contribution < -0.4 is 10.3 Å². The molecule has 0 spiro atoms. The molecule has 0 radical (unpaired) electrons. The first-order chi connectivity index (χ1) is 15.3. The highest BCUT2D eigenvalue weighted by molar-refractivity contribution is 9.10. The van der Waals surface area contributed by atoms with E-state index in [1.54, 1.807) is 42.5 Å². The van der Waals surface area contributed by atoms with Gasteiger partial charge in [0.2, 0.25) is 5.76 Å². The second-order valence-corrected chi connectivity index (χ2v) is 9.06. The van der Waals surface area contributed by atoms with E-state index in [0.29, 0.717) is 26.7 Å². The molecule has 0 saturated heterocycles. The van der Waals surface area contributed by atoms with Crippen molar-refractivity contribution in [3.8, 4) is 0 Å². The monoisotopic (exact) mass is 554 g/mol. The number of amides is 1. The Hall–Kier alpha value is -3.30. The summed E-state index contributed by atoms with van der Waals surface area (Å²) in [6.07, 6.45) is 0. The van der Waals surface area contributed by atoms with Crippen LogP contribution in [0.4, 0.5) is 11.4 Å². The molecule has 9 heteroatoms. The lowest BCUT2D eigenvalue weighted by Gasteiger charge is -2.25. The first kappa shape index (κ1) is 20.6. The average Bonchev–Trinajstić information content (AvgIpc) is 3.07. The zero-order valence-corrected chi connectivity index (χ0v) is 19.3. The van der Waals surface area contributed by atoms with Crippen molar-refractivity contribution < 1.29 is 14.1 Å². The number of benzene rings is 3. The zero-order chi connectivity index (χ0) is 22.6. The lowest BCUT2D eigenvalue weighted by molar-refractivity contribution is -0.384. The molecule has 1 unspecified atom stereocenters. The molecule has 1 aromatic heterocycles. The van der Waals surface area contributed by atoms with Gasteiger partial charge in [-0.25, -0.2) is 0 Å². The molecular formula is C23H12Br2N2O5. The summed E-state index contributed by atoms with van der Waals surface area (Å²) in [5.41, 5.74) is 0.917. The van der Waals surface area contributed by atoms with Crippen molar-refractivity contribution in [2.45, 2.75) is 6.04 Å². The molecule has 0 aliphatic carbocycles. The fraction of sp³-hybridized carbons (Fsp3) is 0.0435. The van der Waals surface area contributed by atoms with Gasteiger partial charge in [0.15, 0.2) is 5.43 Å². The smallest absolute Gasteiger partial charge is 0.295 e. The number of carbonyl (C=O) groups excluding carboxylic acids is 1. The van der Waals surface area contributed by atoms with E-state index in [1.807, 2.05) is 6.07 Å². The molecule has 2 heterocycles. The minimum Gasteiger partial charge on any atom is -0.450 e. The van der Waals surface area contributed by atoms with Crippen molar-refractivity contribution in [2.75, 3.05) is 4.90 Å². The van der Waals surface area contributed by atoms with E-state index in [2.05, 4.69) is 31.9 Å². The molecule has 1 atom stereocenters. The fourth-order valence-corrected chi connectivity index (χ4v) is 4.71. The number of halogens is 2. The van der Waals surface area contributed by atoms with Gasteiger partial charge in [-0.1, -0.05) is 50.1 Å². The summed E-state index contributed by atoms with van der Waals surface area (Å²) in [5, 5.41) is 11.7. The molecule has 0 bridgehead atoms. The molecule has 1 amide bonds. The molecular weight excluding hydrogens is 544 g/mol. The number of non-ortho nitro benzene ring substituents is 1. The quantitative estimate of drug-likeness (QED) is 0.229. The Morgan fingerprint density at radius 1 is 0.938 bits per heavy atom. The fourth-order valence-electron chi connectivity index (χ4n) is 3.96. The maximum Gasteiger partial charge on any atom is 0.295 e. The predicted molar refractivity (Wildman–Crippen MR) is 126 cm³/mol. The number of anilines is 1. The molecule has 7 nitrogen and oxygen atoms in total. The average molecular weight is 556 g/mol. The van der Waals surface area contributed by atoms with Crippen LogP contribution in [0.3, 0.4) is 0 Å². The Kier molecular flexibility index (Phi) is 4.94. The van der Waals surface area contributed by atoms with Crippen LogP contribution in [0.15, 0.2) is 84.9 Å². The third kappa shape index (κ3) is 3.25. The second-order valence-electron chi connectivity index (χ2n) is 7.22. The van der Waals surface area contributed by atoms with E-state index in [0.717, 1.165) is 4.47 Å². The van der Waals surface area contributed by atoms with Gasteiger partial charge in [-0.3, -0.25) is 24.6 Å². The van der Waals surface area contributed by atoms with Gasteiger partial charge in [-0.2, -0.15) is 0 Å². The highest BCUT2D eigenvalue weighted by Gasteiger charge is 2.44. The van der Waals surface area contributed by atoms with E-state index >= 15 is 0 Å². The van der Waals surface area contributed by atoms with E-state index in [-0.39, 0.29) is 22.4 Å². The Bertz CT molecular complexity index is 1500. The number of nitro benzene ring substituents is 1. The molecule has 158 valence electrons. The Balaban J connectivity index is 1.83. The molecule has 3 aromatic carbocycles. The Labute approximate surface area is 197 Å². The summed E-state index contributed by atoms with van der Waals surface area (Å²) in [6.45, 7) is 0. The number of rotatable bonds is 3. The van der Waals surface area contributed by atoms with Crippen LogP contribution in [0.2, 0.25) is 0 Å². The molecule has 1 aliphatic rings. The first-order valence-electron chi connectivity index (χ1n) is 9.45. The molecule has 32 heavy (non-hydrogen) atoms. The third-order valence-electron chi connectivity index (χ3n) is 5.32. The van der Waals surface area contributed by atoms with Gasteiger partial charge in [0, 0.05) is 26.8 Å². The molecule has 0 fully saturated rings. The Morgan fingerprint density at radius 2 is 1.69 bits per heavy atom. The number of fused-ring (bicyclic) bond motifs is 2. The summed E-state index contributed by atoms with van der Waals surface area (Å²) in [6, 6.07) is 17.1. The van der Waals surface area contributed by atoms with Crippen LogP contribution in [0, 0.1) is 10.1 Å². The summed E-state index contributed by atoms with van der Waals surface area (Å²) in [5.74, 6) is -0.558. The summed E-state index contributed by atoms with van der Waals surface area (Å²) < 4.78 is 7.34. The van der Waals surface area contributed by atoms with Crippen molar-refractivity contribution >= 4 is 60.1 Å². The molecule has 0 N–H and O–H groups in total.